The fraction of sp³-hybridized carbons (Fsp3) is 0.324. The summed E-state index contributed by atoms with van der Waals surface area (Å²) in [5.74, 6) is -0.483. The second kappa shape index (κ2) is 13.3. The summed E-state index contributed by atoms with van der Waals surface area (Å²) in [6.45, 7) is -2.51. The van der Waals surface area contributed by atoms with Gasteiger partial charge in [-0.2, -0.15) is 13.9 Å². The van der Waals surface area contributed by atoms with Crippen LogP contribution in [0.15, 0.2) is 83.5 Å². The van der Waals surface area contributed by atoms with Crippen molar-refractivity contribution in [1.82, 2.24) is 45.0 Å². The summed E-state index contributed by atoms with van der Waals surface area (Å²) in [6, 6.07) is 7.93. The van der Waals surface area contributed by atoms with Crippen molar-refractivity contribution in [3.8, 4) is 5.69 Å². The Morgan fingerprint density at radius 1 is 1.16 bits per heavy atom. The first-order valence-electron chi connectivity index (χ1n) is 16.3. The number of fused-ring (bicyclic) bond motifs is 1. The van der Waals surface area contributed by atoms with Crippen LogP contribution in [0.2, 0.25) is 5.02 Å². The highest BCUT2D eigenvalue weighted by Gasteiger charge is 2.43. The molecule has 3 aliphatic rings. The maximum atomic E-state index is 14.2. The third kappa shape index (κ3) is 6.31. The van der Waals surface area contributed by atoms with Gasteiger partial charge >= 0.3 is 6.55 Å². The van der Waals surface area contributed by atoms with Gasteiger partial charge < -0.3 is 15.3 Å². The Hall–Kier alpha value is -4.93. The molecule has 1 unspecified atom stereocenters. The third-order valence-electron chi connectivity index (χ3n) is 9.64. The number of amides is 1. The number of nitrogens with one attached hydrogen (secondary N) is 1. The molecule has 2 aliphatic heterocycles. The molecule has 8 rings (SSSR count). The number of alkyl halides is 2. The number of rotatable bonds is 8. The third-order valence-corrected chi connectivity index (χ3v) is 10.7. The number of aliphatic hydroxyl groups is 1. The normalized spacial score (nSPS) is 23.5. The van der Waals surface area contributed by atoms with Crippen LogP contribution in [-0.2, 0) is 10.4 Å². The predicted molar refractivity (Wildman–Crippen MR) is 181 cm³/mol. The summed E-state index contributed by atoms with van der Waals surface area (Å²) in [4.78, 5) is 29.3. The molecule has 0 bridgehead atoms. The standard InChI is InChI=1S/C34H30ClF3N10O2S/c35-24-14-20(36)3-4-23(24)29-28(25-7-12-47(44-25)33(37)38)26-15-21(17-46(26)30(42-29)32-40-11-13-51-32)41-31(49)19-5-8-34(50,9-6-19)27-18-48(45-43-27)22-2-1-10-39-16-22/h1-4,7,10-14,16,18-19,21,29,33,50H,5-6,8-9,15,17H2,(H,41,49)/t19?,21?,29-,34?/m0/s1. The first-order valence-corrected chi connectivity index (χ1v) is 17.6. The van der Waals surface area contributed by atoms with E-state index in [1.165, 1.54) is 41.8 Å². The lowest BCUT2D eigenvalue weighted by Gasteiger charge is -2.34. The van der Waals surface area contributed by atoms with Gasteiger partial charge in [-0.05, 0) is 56.0 Å². The van der Waals surface area contributed by atoms with E-state index in [0.717, 1.165) is 11.4 Å². The van der Waals surface area contributed by atoms with Crippen molar-refractivity contribution in [1.29, 1.82) is 0 Å². The molecule has 2 fully saturated rings. The van der Waals surface area contributed by atoms with Gasteiger partial charge in [0.2, 0.25) is 5.91 Å². The lowest BCUT2D eigenvalue weighted by Crippen LogP contribution is -2.44. The SMILES string of the molecule is O=C(NC1CC2=C(c3ccn(C(F)F)n3)[C@H](c3ccc(F)cc3Cl)N=C(c3nccs3)N2C1)C1CCC(O)(c2cn(-c3cccnc3)nn2)CC1. The molecule has 0 radical (unpaired) electrons. The second-order valence-electron chi connectivity index (χ2n) is 12.8. The van der Waals surface area contributed by atoms with Gasteiger partial charge in [-0.3, -0.25) is 14.8 Å². The highest BCUT2D eigenvalue weighted by molar-refractivity contribution is 7.11. The van der Waals surface area contributed by atoms with Crippen molar-refractivity contribution >= 4 is 40.3 Å². The first-order chi connectivity index (χ1) is 24.7. The zero-order valence-electron chi connectivity index (χ0n) is 26.8. The Morgan fingerprint density at radius 2 is 2.00 bits per heavy atom. The van der Waals surface area contributed by atoms with Crippen LogP contribution in [0.5, 0.6) is 0 Å². The topological polar surface area (TPSA) is 139 Å². The molecule has 1 amide bonds. The zero-order valence-corrected chi connectivity index (χ0v) is 28.4. The highest BCUT2D eigenvalue weighted by Crippen LogP contribution is 2.46. The number of amidine groups is 1. The van der Waals surface area contributed by atoms with Crippen molar-refractivity contribution in [2.75, 3.05) is 6.54 Å². The number of aromatic nitrogens is 7. The van der Waals surface area contributed by atoms with Crippen molar-refractivity contribution in [3.63, 3.8) is 0 Å². The molecule has 262 valence electrons. The number of hydrogen-bond donors (Lipinski definition) is 2. The molecule has 2 atom stereocenters. The van der Waals surface area contributed by atoms with Gasteiger partial charge in [0.15, 0.2) is 10.8 Å². The molecule has 2 N–H and O–H groups in total. The Labute approximate surface area is 298 Å². The van der Waals surface area contributed by atoms with Crippen LogP contribution in [0, 0.1) is 11.7 Å². The molecule has 1 aliphatic carbocycles. The zero-order chi connectivity index (χ0) is 35.3. The minimum absolute atomic E-state index is 0.127. The average molecular weight is 735 g/mol. The van der Waals surface area contributed by atoms with Gasteiger partial charge in [-0.1, -0.05) is 22.9 Å². The number of carbonyl (C=O) groups excluding carboxylic acids is 1. The van der Waals surface area contributed by atoms with E-state index < -0.39 is 24.0 Å². The van der Waals surface area contributed by atoms with E-state index in [4.69, 9.17) is 16.6 Å². The fourth-order valence-corrected chi connectivity index (χ4v) is 7.99. The molecular formula is C34H30ClF3N10O2S. The minimum Gasteiger partial charge on any atom is -0.383 e. The van der Waals surface area contributed by atoms with Crippen LogP contribution in [-0.4, -0.2) is 69.1 Å². The molecule has 51 heavy (non-hydrogen) atoms. The summed E-state index contributed by atoms with van der Waals surface area (Å²) < 4.78 is 43.7. The fourth-order valence-electron chi connectivity index (χ4n) is 7.08. The van der Waals surface area contributed by atoms with Gasteiger partial charge in [0.25, 0.3) is 0 Å². The van der Waals surface area contributed by atoms with E-state index in [9.17, 15) is 23.1 Å². The average Bonchev–Trinajstić information content (AvgIpc) is 3.96. The van der Waals surface area contributed by atoms with E-state index in [1.807, 2.05) is 16.3 Å². The van der Waals surface area contributed by atoms with Crippen LogP contribution < -0.4 is 5.32 Å². The Bertz CT molecular complexity index is 2130. The summed E-state index contributed by atoms with van der Waals surface area (Å²) in [7, 11) is 0. The lowest BCUT2D eigenvalue weighted by atomic mass is 9.77. The number of aliphatic imine (C=N–C) groups is 1. The Kier molecular flexibility index (Phi) is 8.68. The largest absolute Gasteiger partial charge is 0.383 e. The van der Waals surface area contributed by atoms with Crippen molar-refractivity contribution in [2.24, 2.45) is 10.9 Å². The smallest absolute Gasteiger partial charge is 0.333 e. The number of pyridine rings is 1. The number of benzene rings is 1. The van der Waals surface area contributed by atoms with Crippen molar-refractivity contribution in [2.45, 2.75) is 56.3 Å². The number of nitrogens with zero attached hydrogens (tertiary/aromatic N) is 9. The molecule has 17 heteroatoms. The molecular weight excluding hydrogens is 705 g/mol. The van der Waals surface area contributed by atoms with Gasteiger partial charge in [0, 0.05) is 64.7 Å². The molecule has 4 aromatic heterocycles. The highest BCUT2D eigenvalue weighted by atomic mass is 35.5. The van der Waals surface area contributed by atoms with Gasteiger partial charge in [-0.15, -0.1) is 16.4 Å². The van der Waals surface area contributed by atoms with E-state index >= 15 is 0 Å². The van der Waals surface area contributed by atoms with Crippen LogP contribution >= 0.6 is 22.9 Å². The summed E-state index contributed by atoms with van der Waals surface area (Å²) in [6.07, 6.45) is 9.73. The molecule has 1 aromatic carbocycles. The molecule has 1 saturated carbocycles. The number of thiazole rings is 1. The van der Waals surface area contributed by atoms with Gasteiger partial charge in [-0.25, -0.2) is 18.7 Å². The molecule has 6 heterocycles. The molecule has 1 saturated heterocycles. The molecule has 5 aromatic rings. The minimum atomic E-state index is -2.86. The molecule has 0 spiro atoms. The summed E-state index contributed by atoms with van der Waals surface area (Å²) in [5.41, 5.74) is 1.93. The summed E-state index contributed by atoms with van der Waals surface area (Å²) >= 11 is 7.95. The maximum Gasteiger partial charge on any atom is 0.333 e. The van der Waals surface area contributed by atoms with Gasteiger partial charge in [0.05, 0.1) is 29.8 Å². The van der Waals surface area contributed by atoms with E-state index in [2.05, 4.69) is 30.7 Å². The molecule has 12 nitrogen and oxygen atoms in total. The van der Waals surface area contributed by atoms with E-state index in [0.29, 0.717) is 71.0 Å². The maximum absolute atomic E-state index is 14.2. The number of hydrogen-bond acceptors (Lipinski definition) is 10. The van der Waals surface area contributed by atoms with Crippen LogP contribution in [0.25, 0.3) is 11.3 Å². The van der Waals surface area contributed by atoms with Crippen LogP contribution in [0.1, 0.15) is 66.7 Å². The number of carbonyl (C=O) groups is 1. The Morgan fingerprint density at radius 3 is 2.71 bits per heavy atom. The quantitative estimate of drug-likeness (QED) is 0.208. The first kappa shape index (κ1) is 33.2. The van der Waals surface area contributed by atoms with Crippen molar-refractivity contribution in [3.05, 3.63) is 111 Å². The van der Waals surface area contributed by atoms with Crippen molar-refractivity contribution < 1.29 is 23.1 Å². The summed E-state index contributed by atoms with van der Waals surface area (Å²) in [5, 5.41) is 29.8. The van der Waals surface area contributed by atoms with Crippen LogP contribution in [0.4, 0.5) is 13.2 Å². The lowest BCUT2D eigenvalue weighted by molar-refractivity contribution is -0.128. The second-order valence-corrected chi connectivity index (χ2v) is 14.1. The van der Waals surface area contributed by atoms with E-state index in [1.54, 1.807) is 35.5 Å². The number of halogens is 4. The van der Waals surface area contributed by atoms with E-state index in [-0.39, 0.29) is 28.6 Å². The van der Waals surface area contributed by atoms with Crippen LogP contribution in [0.3, 0.4) is 0 Å². The predicted octanol–water partition coefficient (Wildman–Crippen LogP) is 5.68. The Balaban J connectivity index is 1.05. The monoisotopic (exact) mass is 734 g/mol. The van der Waals surface area contributed by atoms with Gasteiger partial charge in [0.1, 0.15) is 23.2 Å².